The number of carbonyl (C=O) groups is 1. The first-order chi connectivity index (χ1) is 15.0. The standard InChI is InChI=1S/C23H24Cl2N2O4/c1-16-12-20(24)22(21(25)13-16)31-11-10-30-19-4-2-17(3-5-19)14-18(15-26)23(28)27-6-8-29-9-7-27/h2-5,12-13,18H,6-11,14H2,1H3. The number of hydrogen-bond donors (Lipinski definition) is 0. The van der Waals surface area contributed by atoms with E-state index in [1.165, 1.54) is 0 Å². The monoisotopic (exact) mass is 462 g/mol. The van der Waals surface area contributed by atoms with Crippen LogP contribution in [0.25, 0.3) is 0 Å². The molecule has 1 aliphatic rings. The van der Waals surface area contributed by atoms with Gasteiger partial charge in [0.15, 0.2) is 5.75 Å². The van der Waals surface area contributed by atoms with Crippen molar-refractivity contribution >= 4 is 29.1 Å². The Hall–Kier alpha value is -2.46. The minimum Gasteiger partial charge on any atom is -0.490 e. The van der Waals surface area contributed by atoms with Gasteiger partial charge in [-0.1, -0.05) is 35.3 Å². The minimum absolute atomic E-state index is 0.142. The second-order valence-corrected chi connectivity index (χ2v) is 8.04. The van der Waals surface area contributed by atoms with E-state index in [9.17, 15) is 10.1 Å². The van der Waals surface area contributed by atoms with Gasteiger partial charge in [0.05, 0.1) is 29.3 Å². The fourth-order valence-electron chi connectivity index (χ4n) is 3.28. The second-order valence-electron chi connectivity index (χ2n) is 7.22. The number of morpholine rings is 1. The lowest BCUT2D eigenvalue weighted by atomic mass is 9.99. The molecular formula is C23H24Cl2N2O4. The molecule has 164 valence electrons. The number of benzene rings is 2. The highest BCUT2D eigenvalue weighted by molar-refractivity contribution is 6.37. The smallest absolute Gasteiger partial charge is 0.240 e. The van der Waals surface area contributed by atoms with E-state index in [0.717, 1.165) is 11.1 Å². The first-order valence-electron chi connectivity index (χ1n) is 10.0. The average molecular weight is 463 g/mol. The minimum atomic E-state index is -0.706. The van der Waals surface area contributed by atoms with E-state index in [4.69, 9.17) is 37.4 Å². The first-order valence-corrected chi connectivity index (χ1v) is 10.8. The van der Waals surface area contributed by atoms with E-state index in [-0.39, 0.29) is 12.5 Å². The van der Waals surface area contributed by atoms with E-state index in [0.29, 0.717) is 60.9 Å². The summed E-state index contributed by atoms with van der Waals surface area (Å²) in [5, 5.41) is 10.4. The number of hydrogen-bond acceptors (Lipinski definition) is 5. The Morgan fingerprint density at radius 1 is 1.13 bits per heavy atom. The zero-order chi connectivity index (χ0) is 22.2. The summed E-state index contributed by atoms with van der Waals surface area (Å²) in [5.41, 5.74) is 1.86. The van der Waals surface area contributed by atoms with Gasteiger partial charge >= 0.3 is 0 Å². The number of carbonyl (C=O) groups excluding carboxylic acids is 1. The zero-order valence-corrected chi connectivity index (χ0v) is 18.8. The van der Waals surface area contributed by atoms with Gasteiger partial charge in [0.1, 0.15) is 24.9 Å². The third kappa shape index (κ3) is 6.51. The Bertz CT molecular complexity index is 915. The van der Waals surface area contributed by atoms with Crippen LogP contribution in [0.4, 0.5) is 0 Å². The summed E-state index contributed by atoms with van der Waals surface area (Å²) < 4.78 is 16.6. The number of aryl methyl sites for hydroxylation is 1. The highest BCUT2D eigenvalue weighted by Gasteiger charge is 2.25. The summed E-state index contributed by atoms with van der Waals surface area (Å²) in [6.45, 7) is 4.61. The van der Waals surface area contributed by atoms with Crippen molar-refractivity contribution in [3.05, 3.63) is 57.6 Å². The van der Waals surface area contributed by atoms with Crippen LogP contribution in [0.1, 0.15) is 11.1 Å². The summed E-state index contributed by atoms with van der Waals surface area (Å²) in [7, 11) is 0. The van der Waals surface area contributed by atoms with Gasteiger partial charge in [-0.2, -0.15) is 5.26 Å². The number of nitrogens with zero attached hydrogens (tertiary/aromatic N) is 2. The molecule has 0 bridgehead atoms. The van der Waals surface area contributed by atoms with E-state index in [2.05, 4.69) is 6.07 Å². The van der Waals surface area contributed by atoms with Crippen molar-refractivity contribution in [2.75, 3.05) is 39.5 Å². The summed E-state index contributed by atoms with van der Waals surface area (Å²) in [6, 6.07) is 13.1. The fourth-order valence-corrected chi connectivity index (χ4v) is 3.98. The maximum atomic E-state index is 12.5. The molecule has 1 saturated heterocycles. The predicted octanol–water partition coefficient (Wildman–Crippen LogP) is 4.30. The molecule has 1 heterocycles. The molecule has 0 saturated carbocycles. The Morgan fingerprint density at radius 2 is 1.74 bits per heavy atom. The topological polar surface area (TPSA) is 71.8 Å². The van der Waals surface area contributed by atoms with Crippen molar-refractivity contribution in [3.63, 3.8) is 0 Å². The van der Waals surface area contributed by atoms with Crippen molar-refractivity contribution < 1.29 is 19.0 Å². The van der Waals surface area contributed by atoms with Crippen LogP contribution in [0, 0.1) is 24.2 Å². The largest absolute Gasteiger partial charge is 0.490 e. The van der Waals surface area contributed by atoms with E-state index >= 15 is 0 Å². The molecule has 2 aromatic carbocycles. The summed E-state index contributed by atoms with van der Waals surface area (Å²) >= 11 is 12.3. The molecule has 0 spiro atoms. The maximum absolute atomic E-state index is 12.5. The molecule has 2 aromatic rings. The molecule has 1 atom stereocenters. The van der Waals surface area contributed by atoms with Crippen LogP contribution in [0.3, 0.4) is 0 Å². The van der Waals surface area contributed by atoms with Crippen LogP contribution in [-0.2, 0) is 16.0 Å². The van der Waals surface area contributed by atoms with Gasteiger partial charge in [-0.3, -0.25) is 4.79 Å². The van der Waals surface area contributed by atoms with E-state index in [1.807, 2.05) is 31.2 Å². The van der Waals surface area contributed by atoms with Crippen LogP contribution in [0.15, 0.2) is 36.4 Å². The molecule has 1 fully saturated rings. The van der Waals surface area contributed by atoms with Crippen molar-refractivity contribution in [1.29, 1.82) is 5.26 Å². The van der Waals surface area contributed by atoms with Gasteiger partial charge in [0, 0.05) is 13.1 Å². The van der Waals surface area contributed by atoms with Gasteiger partial charge in [-0.05, 0) is 48.7 Å². The summed E-state index contributed by atoms with van der Waals surface area (Å²) in [4.78, 5) is 14.2. The summed E-state index contributed by atoms with van der Waals surface area (Å²) in [6.07, 6.45) is 0.362. The van der Waals surface area contributed by atoms with E-state index < -0.39 is 5.92 Å². The second kappa shape index (κ2) is 11.2. The average Bonchev–Trinajstić information content (AvgIpc) is 2.77. The molecule has 0 aromatic heterocycles. The van der Waals surface area contributed by atoms with Gasteiger partial charge in [0.2, 0.25) is 5.91 Å². The third-order valence-electron chi connectivity index (χ3n) is 4.88. The molecule has 8 heteroatoms. The molecule has 3 rings (SSSR count). The predicted molar refractivity (Wildman–Crippen MR) is 119 cm³/mol. The van der Waals surface area contributed by atoms with Gasteiger partial charge in [0.25, 0.3) is 0 Å². The number of rotatable bonds is 8. The zero-order valence-electron chi connectivity index (χ0n) is 17.3. The van der Waals surface area contributed by atoms with Crippen molar-refractivity contribution in [3.8, 4) is 17.6 Å². The molecule has 6 nitrogen and oxygen atoms in total. The van der Waals surface area contributed by atoms with Crippen LogP contribution in [0.5, 0.6) is 11.5 Å². The Balaban J connectivity index is 1.47. The Labute approximate surface area is 192 Å². The molecule has 1 aliphatic heterocycles. The lowest BCUT2D eigenvalue weighted by Crippen LogP contribution is -2.43. The Kier molecular flexibility index (Phi) is 8.42. The highest BCUT2D eigenvalue weighted by atomic mass is 35.5. The number of amides is 1. The maximum Gasteiger partial charge on any atom is 0.240 e. The van der Waals surface area contributed by atoms with Crippen LogP contribution in [-0.4, -0.2) is 50.3 Å². The number of halogens is 2. The van der Waals surface area contributed by atoms with Gasteiger partial charge in [-0.25, -0.2) is 0 Å². The third-order valence-corrected chi connectivity index (χ3v) is 5.44. The van der Waals surface area contributed by atoms with Crippen LogP contribution < -0.4 is 9.47 Å². The Morgan fingerprint density at radius 3 is 2.35 bits per heavy atom. The fraction of sp³-hybridized carbons (Fsp3) is 0.391. The van der Waals surface area contributed by atoms with Crippen molar-refractivity contribution in [1.82, 2.24) is 4.90 Å². The van der Waals surface area contributed by atoms with Crippen LogP contribution >= 0.6 is 23.2 Å². The number of nitriles is 1. The SMILES string of the molecule is Cc1cc(Cl)c(OCCOc2ccc(CC(C#N)C(=O)N3CCOCC3)cc2)c(Cl)c1. The highest BCUT2D eigenvalue weighted by Crippen LogP contribution is 2.33. The van der Waals surface area contributed by atoms with Gasteiger partial charge in [-0.15, -0.1) is 0 Å². The normalized spacial score (nSPS) is 14.6. The van der Waals surface area contributed by atoms with Crippen molar-refractivity contribution in [2.24, 2.45) is 5.92 Å². The molecule has 1 unspecified atom stereocenters. The number of ether oxygens (including phenoxy) is 3. The molecule has 31 heavy (non-hydrogen) atoms. The van der Waals surface area contributed by atoms with Crippen LogP contribution in [0.2, 0.25) is 10.0 Å². The molecule has 1 amide bonds. The summed E-state index contributed by atoms with van der Waals surface area (Å²) in [5.74, 6) is 0.265. The molecule has 0 N–H and O–H groups in total. The van der Waals surface area contributed by atoms with E-state index in [1.54, 1.807) is 17.0 Å². The molecule has 0 aliphatic carbocycles. The lowest BCUT2D eigenvalue weighted by molar-refractivity contribution is -0.137. The first kappa shape index (κ1) is 23.2. The quantitative estimate of drug-likeness (QED) is 0.546. The molecule has 0 radical (unpaired) electrons. The molecular weight excluding hydrogens is 439 g/mol. The van der Waals surface area contributed by atoms with Crippen molar-refractivity contribution in [2.45, 2.75) is 13.3 Å². The lowest BCUT2D eigenvalue weighted by Gasteiger charge is -2.28. The van der Waals surface area contributed by atoms with Gasteiger partial charge < -0.3 is 19.1 Å².